The van der Waals surface area contributed by atoms with Crippen LogP contribution in [-0.2, 0) is 0 Å². The Balaban J connectivity index is 2.07. The molecule has 0 saturated carbocycles. The Kier molecular flexibility index (Phi) is 3.71. The number of nitrogens with zero attached hydrogens (tertiary/aromatic N) is 1. The minimum Gasteiger partial charge on any atom is -0.390 e. The highest BCUT2D eigenvalue weighted by atomic mass is 16.3. The van der Waals surface area contributed by atoms with Gasteiger partial charge in [0.15, 0.2) is 0 Å². The molecule has 3 heteroatoms. The van der Waals surface area contributed by atoms with Crippen LogP contribution in [-0.4, -0.2) is 48.3 Å². The smallest absolute Gasteiger partial charge is 0.0603 e. The molecule has 0 aromatic rings. The normalized spacial score (nSPS) is 25.4. The van der Waals surface area contributed by atoms with Crippen molar-refractivity contribution in [3.05, 3.63) is 0 Å². The van der Waals surface area contributed by atoms with Crippen molar-refractivity contribution in [2.24, 2.45) is 0 Å². The summed E-state index contributed by atoms with van der Waals surface area (Å²) in [5, 5.41) is 13.0. The molecule has 1 heterocycles. The summed E-state index contributed by atoms with van der Waals surface area (Å²) < 4.78 is 0. The summed E-state index contributed by atoms with van der Waals surface area (Å²) in [5.41, 5.74) is -0.530. The van der Waals surface area contributed by atoms with Crippen molar-refractivity contribution < 1.29 is 5.11 Å². The molecule has 1 unspecified atom stereocenters. The fraction of sp³-hybridized carbons (Fsp3) is 1.00. The van der Waals surface area contributed by atoms with Gasteiger partial charge in [-0.1, -0.05) is 0 Å². The van der Waals surface area contributed by atoms with Gasteiger partial charge < -0.3 is 15.3 Å². The molecule has 0 spiro atoms. The number of hydrogen-bond donors (Lipinski definition) is 2. The van der Waals surface area contributed by atoms with Crippen molar-refractivity contribution in [3.8, 4) is 0 Å². The maximum Gasteiger partial charge on any atom is 0.0603 e. The predicted octanol–water partition coefficient (Wildman–Crippen LogP) is 0.441. The van der Waals surface area contributed by atoms with Crippen LogP contribution in [0, 0.1) is 0 Å². The molecule has 0 aromatic carbocycles. The molecule has 0 amide bonds. The van der Waals surface area contributed by atoms with Crippen LogP contribution in [0.15, 0.2) is 0 Å². The molecule has 1 atom stereocenters. The number of likely N-dealkylation sites (N-methyl/N-ethyl adjacent to an activating group) is 1. The van der Waals surface area contributed by atoms with Gasteiger partial charge in [-0.15, -0.1) is 0 Å². The Morgan fingerprint density at radius 1 is 1.54 bits per heavy atom. The lowest BCUT2D eigenvalue weighted by Crippen LogP contribution is -2.35. The van der Waals surface area contributed by atoms with Gasteiger partial charge in [-0.3, -0.25) is 0 Å². The van der Waals surface area contributed by atoms with Crippen LogP contribution in [0.25, 0.3) is 0 Å². The molecule has 1 fully saturated rings. The van der Waals surface area contributed by atoms with E-state index < -0.39 is 5.60 Å². The first kappa shape index (κ1) is 11.0. The summed E-state index contributed by atoms with van der Waals surface area (Å²) in [6.07, 6.45) is 2.07. The molecular weight excluding hydrogens is 164 g/mol. The molecule has 1 rings (SSSR count). The SMILES string of the molecule is CN1CCC(NCCC(C)(C)O)C1. The second kappa shape index (κ2) is 4.40. The molecule has 1 saturated heterocycles. The Morgan fingerprint density at radius 3 is 2.69 bits per heavy atom. The van der Waals surface area contributed by atoms with Gasteiger partial charge in [0.25, 0.3) is 0 Å². The highest BCUT2D eigenvalue weighted by Crippen LogP contribution is 2.08. The summed E-state index contributed by atoms with van der Waals surface area (Å²) >= 11 is 0. The van der Waals surface area contributed by atoms with Gasteiger partial charge in [-0.2, -0.15) is 0 Å². The maximum absolute atomic E-state index is 9.49. The Morgan fingerprint density at radius 2 is 2.23 bits per heavy atom. The van der Waals surface area contributed by atoms with E-state index in [1.165, 1.54) is 13.0 Å². The standard InChI is InChI=1S/C10H22N2O/c1-10(2,13)5-6-11-9-4-7-12(3)8-9/h9,11,13H,4-8H2,1-3H3. The third kappa shape index (κ3) is 4.60. The maximum atomic E-state index is 9.49. The molecule has 0 radical (unpaired) electrons. The van der Waals surface area contributed by atoms with E-state index in [1.807, 2.05) is 13.8 Å². The van der Waals surface area contributed by atoms with Gasteiger partial charge in [-0.05, 0) is 46.8 Å². The van der Waals surface area contributed by atoms with Gasteiger partial charge in [0.2, 0.25) is 0 Å². The zero-order chi connectivity index (χ0) is 9.90. The molecule has 0 aromatic heterocycles. The van der Waals surface area contributed by atoms with E-state index in [0.717, 1.165) is 19.5 Å². The number of aliphatic hydroxyl groups is 1. The highest BCUT2D eigenvalue weighted by molar-refractivity contribution is 4.79. The van der Waals surface area contributed by atoms with E-state index in [9.17, 15) is 5.11 Å². The first-order chi connectivity index (χ1) is 5.97. The van der Waals surface area contributed by atoms with Crippen molar-refractivity contribution in [2.45, 2.75) is 38.3 Å². The van der Waals surface area contributed by atoms with Crippen LogP contribution < -0.4 is 5.32 Å². The van der Waals surface area contributed by atoms with E-state index in [1.54, 1.807) is 0 Å². The van der Waals surface area contributed by atoms with Crippen molar-refractivity contribution in [3.63, 3.8) is 0 Å². The number of nitrogens with one attached hydrogen (secondary N) is 1. The van der Waals surface area contributed by atoms with Gasteiger partial charge >= 0.3 is 0 Å². The summed E-state index contributed by atoms with van der Waals surface area (Å²) in [5.74, 6) is 0. The predicted molar refractivity (Wildman–Crippen MR) is 54.8 cm³/mol. The minimum absolute atomic E-state index is 0.530. The monoisotopic (exact) mass is 186 g/mol. The summed E-state index contributed by atoms with van der Waals surface area (Å²) in [4.78, 5) is 2.34. The number of rotatable bonds is 4. The number of hydrogen-bond acceptors (Lipinski definition) is 3. The minimum atomic E-state index is -0.530. The fourth-order valence-corrected chi connectivity index (χ4v) is 1.68. The molecule has 3 nitrogen and oxygen atoms in total. The second-order valence-corrected chi connectivity index (χ2v) is 4.76. The van der Waals surface area contributed by atoms with Gasteiger partial charge in [0.1, 0.15) is 0 Å². The lowest BCUT2D eigenvalue weighted by Gasteiger charge is -2.19. The van der Waals surface area contributed by atoms with E-state index in [2.05, 4.69) is 17.3 Å². The quantitative estimate of drug-likeness (QED) is 0.669. The molecular formula is C10H22N2O. The Bertz CT molecular complexity index is 153. The fourth-order valence-electron chi connectivity index (χ4n) is 1.68. The van der Waals surface area contributed by atoms with E-state index >= 15 is 0 Å². The van der Waals surface area contributed by atoms with Crippen LogP contribution >= 0.6 is 0 Å². The Labute approximate surface area is 81.1 Å². The summed E-state index contributed by atoms with van der Waals surface area (Å²) in [6.45, 7) is 6.97. The van der Waals surface area contributed by atoms with E-state index in [-0.39, 0.29) is 0 Å². The van der Waals surface area contributed by atoms with Crippen LogP contribution in [0.5, 0.6) is 0 Å². The van der Waals surface area contributed by atoms with E-state index in [0.29, 0.717) is 6.04 Å². The number of likely N-dealkylation sites (tertiary alicyclic amines) is 1. The first-order valence-corrected chi connectivity index (χ1v) is 5.12. The third-order valence-electron chi connectivity index (χ3n) is 2.56. The molecule has 2 N–H and O–H groups in total. The molecule has 0 aliphatic carbocycles. The molecule has 1 aliphatic rings. The van der Waals surface area contributed by atoms with Crippen molar-refractivity contribution in [2.75, 3.05) is 26.7 Å². The van der Waals surface area contributed by atoms with Crippen molar-refractivity contribution >= 4 is 0 Å². The third-order valence-corrected chi connectivity index (χ3v) is 2.56. The van der Waals surface area contributed by atoms with Crippen LogP contribution in [0.2, 0.25) is 0 Å². The molecule has 1 aliphatic heterocycles. The zero-order valence-electron chi connectivity index (χ0n) is 9.01. The first-order valence-electron chi connectivity index (χ1n) is 5.12. The van der Waals surface area contributed by atoms with Crippen LogP contribution in [0.3, 0.4) is 0 Å². The Hall–Kier alpha value is -0.120. The zero-order valence-corrected chi connectivity index (χ0v) is 9.01. The average molecular weight is 186 g/mol. The topological polar surface area (TPSA) is 35.5 Å². The molecule has 13 heavy (non-hydrogen) atoms. The van der Waals surface area contributed by atoms with Crippen LogP contribution in [0.1, 0.15) is 26.7 Å². The van der Waals surface area contributed by atoms with Gasteiger partial charge in [0, 0.05) is 12.6 Å². The van der Waals surface area contributed by atoms with Crippen molar-refractivity contribution in [1.82, 2.24) is 10.2 Å². The molecule has 78 valence electrons. The summed E-state index contributed by atoms with van der Waals surface area (Å²) in [7, 11) is 2.15. The van der Waals surface area contributed by atoms with Crippen LogP contribution in [0.4, 0.5) is 0 Å². The molecule has 0 bridgehead atoms. The van der Waals surface area contributed by atoms with Gasteiger partial charge in [0.05, 0.1) is 5.60 Å². The lowest BCUT2D eigenvalue weighted by atomic mass is 10.1. The van der Waals surface area contributed by atoms with Crippen molar-refractivity contribution in [1.29, 1.82) is 0 Å². The highest BCUT2D eigenvalue weighted by Gasteiger charge is 2.19. The van der Waals surface area contributed by atoms with Gasteiger partial charge in [-0.25, -0.2) is 0 Å². The average Bonchev–Trinajstić information content (AvgIpc) is 2.33. The lowest BCUT2D eigenvalue weighted by molar-refractivity contribution is 0.0704. The second-order valence-electron chi connectivity index (χ2n) is 4.76. The largest absolute Gasteiger partial charge is 0.390 e. The summed E-state index contributed by atoms with van der Waals surface area (Å²) in [6, 6.07) is 0.632. The van der Waals surface area contributed by atoms with E-state index in [4.69, 9.17) is 0 Å².